The summed E-state index contributed by atoms with van der Waals surface area (Å²) in [5.41, 5.74) is 1.04. The molecule has 0 saturated carbocycles. The summed E-state index contributed by atoms with van der Waals surface area (Å²) in [7, 11) is 0. The Balaban J connectivity index is 3.82. The molecule has 0 bridgehead atoms. The molecule has 0 atom stereocenters. The molecule has 0 N–H and O–H groups in total. The Hall–Kier alpha value is -0.230. The SMILES string of the molecule is C=C(Cl)/C(C)=C\C. The lowest BCUT2D eigenvalue weighted by Crippen LogP contribution is -1.67. The average molecular weight is 117 g/mol. The minimum atomic E-state index is 0.627. The normalized spacial score (nSPS) is 11.6. The molecule has 0 rings (SSSR count). The fourth-order valence-electron chi connectivity index (χ4n) is 0.157. The van der Waals surface area contributed by atoms with Crippen molar-refractivity contribution in [3.05, 3.63) is 23.3 Å². The molecular formula is C6H9Cl. The van der Waals surface area contributed by atoms with Crippen molar-refractivity contribution in [3.63, 3.8) is 0 Å². The zero-order valence-corrected chi connectivity index (χ0v) is 5.42. The molecule has 0 nitrogen and oxygen atoms in total. The van der Waals surface area contributed by atoms with Gasteiger partial charge in [0.05, 0.1) is 0 Å². The van der Waals surface area contributed by atoms with Gasteiger partial charge in [-0.1, -0.05) is 24.3 Å². The van der Waals surface area contributed by atoms with E-state index in [9.17, 15) is 0 Å². The fraction of sp³-hybridized carbons (Fsp3) is 0.333. The van der Waals surface area contributed by atoms with Crippen molar-refractivity contribution in [2.75, 3.05) is 0 Å². The summed E-state index contributed by atoms with van der Waals surface area (Å²) in [5.74, 6) is 0. The van der Waals surface area contributed by atoms with Crippen LogP contribution in [0.1, 0.15) is 13.8 Å². The van der Waals surface area contributed by atoms with Gasteiger partial charge in [0.1, 0.15) is 0 Å². The summed E-state index contributed by atoms with van der Waals surface area (Å²) < 4.78 is 0. The average Bonchev–Trinajstić information content (AvgIpc) is 1.65. The smallest absolute Gasteiger partial charge is 0.0360 e. The molecule has 0 aromatic carbocycles. The van der Waals surface area contributed by atoms with Crippen molar-refractivity contribution in [2.24, 2.45) is 0 Å². The maximum atomic E-state index is 5.47. The van der Waals surface area contributed by atoms with Crippen LogP contribution in [0.4, 0.5) is 0 Å². The summed E-state index contributed by atoms with van der Waals surface area (Å²) in [5, 5.41) is 0.627. The van der Waals surface area contributed by atoms with Crippen LogP contribution in [0.5, 0.6) is 0 Å². The van der Waals surface area contributed by atoms with Gasteiger partial charge in [0.15, 0.2) is 0 Å². The highest BCUT2D eigenvalue weighted by atomic mass is 35.5. The molecule has 0 saturated heterocycles. The third-order valence-electron chi connectivity index (χ3n) is 0.861. The molecule has 0 heterocycles. The van der Waals surface area contributed by atoms with Crippen molar-refractivity contribution >= 4 is 11.6 Å². The maximum absolute atomic E-state index is 5.47. The third kappa shape index (κ3) is 2.46. The van der Waals surface area contributed by atoms with Crippen LogP contribution < -0.4 is 0 Å². The minimum Gasteiger partial charge on any atom is -0.0847 e. The van der Waals surface area contributed by atoms with Crippen molar-refractivity contribution < 1.29 is 0 Å². The molecule has 0 unspecified atom stereocenters. The highest BCUT2D eigenvalue weighted by molar-refractivity contribution is 6.31. The van der Waals surface area contributed by atoms with E-state index in [-0.39, 0.29) is 0 Å². The standard InChI is InChI=1S/C6H9Cl/c1-4-5(2)6(3)7/h4H,3H2,1-2H3/b5-4-. The monoisotopic (exact) mass is 116 g/mol. The van der Waals surface area contributed by atoms with Gasteiger partial charge < -0.3 is 0 Å². The second kappa shape index (κ2) is 2.86. The number of hydrogen-bond donors (Lipinski definition) is 0. The van der Waals surface area contributed by atoms with Crippen LogP contribution >= 0.6 is 11.6 Å². The Morgan fingerprint density at radius 1 is 1.71 bits per heavy atom. The van der Waals surface area contributed by atoms with E-state index in [2.05, 4.69) is 6.58 Å². The van der Waals surface area contributed by atoms with Crippen molar-refractivity contribution in [2.45, 2.75) is 13.8 Å². The number of hydrogen-bond acceptors (Lipinski definition) is 0. The summed E-state index contributed by atoms with van der Waals surface area (Å²) >= 11 is 5.47. The van der Waals surface area contributed by atoms with Gasteiger partial charge >= 0.3 is 0 Å². The number of allylic oxidation sites excluding steroid dienone is 3. The van der Waals surface area contributed by atoms with Crippen molar-refractivity contribution in [1.82, 2.24) is 0 Å². The van der Waals surface area contributed by atoms with Gasteiger partial charge in [-0.05, 0) is 19.4 Å². The molecule has 0 radical (unpaired) electrons. The predicted octanol–water partition coefficient (Wildman–Crippen LogP) is 2.71. The van der Waals surface area contributed by atoms with Gasteiger partial charge in [-0.3, -0.25) is 0 Å². The van der Waals surface area contributed by atoms with Crippen molar-refractivity contribution in [3.8, 4) is 0 Å². The summed E-state index contributed by atoms with van der Waals surface area (Å²) in [4.78, 5) is 0. The van der Waals surface area contributed by atoms with Gasteiger partial charge in [-0.2, -0.15) is 0 Å². The Kier molecular flexibility index (Phi) is 2.77. The second-order valence-corrected chi connectivity index (χ2v) is 1.83. The van der Waals surface area contributed by atoms with E-state index in [1.54, 1.807) is 0 Å². The molecule has 0 spiro atoms. The first kappa shape index (κ1) is 6.77. The molecule has 40 valence electrons. The number of halogens is 1. The molecular weight excluding hydrogens is 108 g/mol. The second-order valence-electron chi connectivity index (χ2n) is 1.38. The first-order chi connectivity index (χ1) is 3.18. The lowest BCUT2D eigenvalue weighted by molar-refractivity contribution is 1.46. The van der Waals surface area contributed by atoms with Gasteiger partial charge in [0.2, 0.25) is 0 Å². The van der Waals surface area contributed by atoms with E-state index in [0.29, 0.717) is 5.03 Å². The van der Waals surface area contributed by atoms with Crippen LogP contribution in [0.3, 0.4) is 0 Å². The molecule has 0 aliphatic heterocycles. The molecule has 0 aromatic rings. The Bertz CT molecular complexity index is 101. The highest BCUT2D eigenvalue weighted by Crippen LogP contribution is 2.08. The Labute approximate surface area is 49.5 Å². The van der Waals surface area contributed by atoms with Gasteiger partial charge in [-0.15, -0.1) is 0 Å². The lowest BCUT2D eigenvalue weighted by Gasteiger charge is -1.89. The van der Waals surface area contributed by atoms with E-state index in [0.717, 1.165) is 5.57 Å². The van der Waals surface area contributed by atoms with Gasteiger partial charge in [0.25, 0.3) is 0 Å². The van der Waals surface area contributed by atoms with Crippen LogP contribution in [0.15, 0.2) is 23.3 Å². The van der Waals surface area contributed by atoms with Gasteiger partial charge in [-0.25, -0.2) is 0 Å². The maximum Gasteiger partial charge on any atom is 0.0360 e. The van der Waals surface area contributed by atoms with Crippen LogP contribution in [0.25, 0.3) is 0 Å². The van der Waals surface area contributed by atoms with Crippen LogP contribution in [0, 0.1) is 0 Å². The zero-order chi connectivity index (χ0) is 5.86. The first-order valence-corrected chi connectivity index (χ1v) is 2.54. The minimum absolute atomic E-state index is 0.627. The van der Waals surface area contributed by atoms with E-state index >= 15 is 0 Å². The summed E-state index contributed by atoms with van der Waals surface area (Å²) in [6.07, 6.45) is 1.93. The Morgan fingerprint density at radius 3 is 2.14 bits per heavy atom. The third-order valence-corrected chi connectivity index (χ3v) is 1.16. The largest absolute Gasteiger partial charge is 0.0847 e. The van der Waals surface area contributed by atoms with E-state index in [4.69, 9.17) is 11.6 Å². The quantitative estimate of drug-likeness (QED) is 0.462. The molecule has 0 aliphatic rings. The first-order valence-electron chi connectivity index (χ1n) is 2.16. The van der Waals surface area contributed by atoms with Crippen LogP contribution in [-0.2, 0) is 0 Å². The van der Waals surface area contributed by atoms with E-state index in [1.165, 1.54) is 0 Å². The Morgan fingerprint density at radius 2 is 2.14 bits per heavy atom. The molecule has 7 heavy (non-hydrogen) atoms. The molecule has 0 amide bonds. The molecule has 0 fully saturated rings. The molecule has 0 aromatic heterocycles. The van der Waals surface area contributed by atoms with Gasteiger partial charge in [0, 0.05) is 5.03 Å². The van der Waals surface area contributed by atoms with E-state index in [1.807, 2.05) is 19.9 Å². The van der Waals surface area contributed by atoms with Crippen LogP contribution in [-0.4, -0.2) is 0 Å². The predicted molar refractivity (Wildman–Crippen MR) is 34.4 cm³/mol. The molecule has 0 aliphatic carbocycles. The number of rotatable bonds is 1. The summed E-state index contributed by atoms with van der Waals surface area (Å²) in [6.45, 7) is 7.38. The lowest BCUT2D eigenvalue weighted by atomic mass is 10.3. The van der Waals surface area contributed by atoms with Crippen LogP contribution in [0.2, 0.25) is 0 Å². The molecule has 1 heteroatoms. The van der Waals surface area contributed by atoms with E-state index < -0.39 is 0 Å². The zero-order valence-electron chi connectivity index (χ0n) is 4.66. The topological polar surface area (TPSA) is 0 Å². The highest BCUT2D eigenvalue weighted by Gasteiger charge is 1.84. The van der Waals surface area contributed by atoms with Crippen molar-refractivity contribution in [1.29, 1.82) is 0 Å². The fourth-order valence-corrected chi connectivity index (χ4v) is 0.266. The summed E-state index contributed by atoms with van der Waals surface area (Å²) in [6, 6.07) is 0.